The zero-order chi connectivity index (χ0) is 8.72. The topological polar surface area (TPSA) is 40.5 Å². The van der Waals surface area contributed by atoms with Crippen LogP contribution < -0.4 is 0 Å². The molecule has 66 valence electrons. The summed E-state index contributed by atoms with van der Waals surface area (Å²) in [6.45, 7) is 0. The average Bonchev–Trinajstić information content (AvgIpc) is 2.48. The molecule has 0 aromatic carbocycles. The quantitative estimate of drug-likeness (QED) is 0.572. The summed E-state index contributed by atoms with van der Waals surface area (Å²) in [6, 6.07) is 0. The van der Waals surface area contributed by atoms with E-state index in [1.54, 1.807) is 17.8 Å². The van der Waals surface area contributed by atoms with Crippen molar-refractivity contribution in [1.29, 1.82) is 0 Å². The van der Waals surface area contributed by atoms with E-state index < -0.39 is 6.23 Å². The molecule has 0 aromatic rings. The Morgan fingerprint density at radius 2 is 2.50 bits per heavy atom. The van der Waals surface area contributed by atoms with Crippen LogP contribution in [0.1, 0.15) is 6.42 Å². The predicted octanol–water partition coefficient (Wildman–Crippen LogP) is 0.246. The van der Waals surface area contributed by atoms with Crippen LogP contribution in [0.5, 0.6) is 0 Å². The lowest BCUT2D eigenvalue weighted by atomic mass is 10.0. The normalized spacial score (nSPS) is 35.0. The zero-order valence-electron chi connectivity index (χ0n) is 6.27. The van der Waals surface area contributed by atoms with Crippen LogP contribution in [0.3, 0.4) is 0 Å². The van der Waals surface area contributed by atoms with E-state index in [4.69, 9.17) is 12.8 Å². The number of amides is 1. The number of aliphatic hydroxyl groups excluding tert-OH is 1. The molecule has 0 radical (unpaired) electrons. The van der Waals surface area contributed by atoms with Gasteiger partial charge in [-0.1, -0.05) is 0 Å². The lowest BCUT2D eigenvalue weighted by molar-refractivity contribution is -0.134. The van der Waals surface area contributed by atoms with Gasteiger partial charge in [-0.05, 0) is 23.2 Å². The molecule has 2 rings (SSSR count). The number of carbonyl (C=O) groups is 1. The number of hydrogen-bond acceptors (Lipinski definition) is 4. The van der Waals surface area contributed by atoms with Gasteiger partial charge in [0.2, 0.25) is 5.91 Å². The van der Waals surface area contributed by atoms with Crippen LogP contribution in [-0.4, -0.2) is 27.3 Å². The van der Waals surface area contributed by atoms with E-state index in [0.29, 0.717) is 0 Å². The SMILES string of the molecule is O=C1C2CCSC2=CC(O)N1[S-]. The number of hydrogen-bond donors (Lipinski definition) is 1. The molecule has 2 heterocycles. The molecule has 2 unspecified atom stereocenters. The Morgan fingerprint density at radius 3 is 3.25 bits per heavy atom. The second-order valence-electron chi connectivity index (χ2n) is 2.84. The lowest BCUT2D eigenvalue weighted by Gasteiger charge is -2.39. The first-order valence-corrected chi connectivity index (χ1v) is 5.08. The first-order valence-electron chi connectivity index (χ1n) is 3.73. The van der Waals surface area contributed by atoms with Crippen molar-refractivity contribution in [3.63, 3.8) is 0 Å². The fourth-order valence-electron chi connectivity index (χ4n) is 1.45. The molecule has 0 spiro atoms. The third kappa shape index (κ3) is 1.16. The first kappa shape index (κ1) is 8.47. The minimum Gasteiger partial charge on any atom is -0.661 e. The molecule has 1 fully saturated rings. The molecule has 12 heavy (non-hydrogen) atoms. The highest BCUT2D eigenvalue weighted by Crippen LogP contribution is 2.40. The van der Waals surface area contributed by atoms with Crippen LogP contribution in [0, 0.1) is 5.92 Å². The summed E-state index contributed by atoms with van der Waals surface area (Å²) < 4.78 is 0.986. The standard InChI is InChI=1S/C7H8NO2S2/c9-6-3-5-4(1-2-12-5)7(10)8(6)11/h3-4,6,9H,1-2H2/q-1. The van der Waals surface area contributed by atoms with Crippen molar-refractivity contribution in [2.24, 2.45) is 5.92 Å². The van der Waals surface area contributed by atoms with Gasteiger partial charge >= 0.3 is 0 Å². The van der Waals surface area contributed by atoms with Gasteiger partial charge in [0.25, 0.3) is 0 Å². The second-order valence-corrected chi connectivity index (χ2v) is 4.40. The lowest BCUT2D eigenvalue weighted by Crippen LogP contribution is -2.41. The molecule has 1 N–H and O–H groups in total. The molecule has 5 heteroatoms. The van der Waals surface area contributed by atoms with Crippen molar-refractivity contribution in [3.05, 3.63) is 11.0 Å². The van der Waals surface area contributed by atoms with E-state index in [1.807, 2.05) is 0 Å². The van der Waals surface area contributed by atoms with Gasteiger partial charge in [-0.15, -0.1) is 11.8 Å². The van der Waals surface area contributed by atoms with Gasteiger partial charge in [-0.3, -0.25) is 4.79 Å². The van der Waals surface area contributed by atoms with Gasteiger partial charge in [0.15, 0.2) is 0 Å². The van der Waals surface area contributed by atoms with E-state index >= 15 is 0 Å². The van der Waals surface area contributed by atoms with E-state index in [9.17, 15) is 9.90 Å². The molecule has 3 nitrogen and oxygen atoms in total. The van der Waals surface area contributed by atoms with Gasteiger partial charge in [0.05, 0.1) is 5.92 Å². The van der Waals surface area contributed by atoms with Gasteiger partial charge < -0.3 is 22.2 Å². The van der Waals surface area contributed by atoms with Crippen molar-refractivity contribution >= 4 is 30.5 Å². The molecule has 0 bridgehead atoms. The first-order chi connectivity index (χ1) is 5.70. The monoisotopic (exact) mass is 202 g/mol. The third-order valence-electron chi connectivity index (χ3n) is 2.09. The van der Waals surface area contributed by atoms with Crippen molar-refractivity contribution in [2.75, 3.05) is 5.75 Å². The highest BCUT2D eigenvalue weighted by Gasteiger charge is 2.33. The van der Waals surface area contributed by atoms with Gasteiger partial charge in [0.1, 0.15) is 6.23 Å². The number of rotatable bonds is 0. The van der Waals surface area contributed by atoms with Crippen molar-refractivity contribution in [3.8, 4) is 0 Å². The molecule has 0 saturated carbocycles. The summed E-state index contributed by atoms with van der Waals surface area (Å²) in [7, 11) is 0. The Labute approximate surface area is 80.4 Å². The fourth-order valence-corrected chi connectivity index (χ4v) is 2.86. The van der Waals surface area contributed by atoms with Crippen molar-refractivity contribution in [1.82, 2.24) is 4.31 Å². The Bertz CT molecular complexity index is 254. The van der Waals surface area contributed by atoms with Crippen LogP contribution in [0.4, 0.5) is 0 Å². The maximum absolute atomic E-state index is 11.4. The van der Waals surface area contributed by atoms with Crippen molar-refractivity contribution < 1.29 is 9.90 Å². The highest BCUT2D eigenvalue weighted by atomic mass is 32.2. The van der Waals surface area contributed by atoms with E-state index in [2.05, 4.69) is 0 Å². The van der Waals surface area contributed by atoms with Gasteiger partial charge in [-0.2, -0.15) is 0 Å². The molecule has 2 aliphatic heterocycles. The minimum atomic E-state index is -0.899. The second kappa shape index (κ2) is 2.97. The summed E-state index contributed by atoms with van der Waals surface area (Å²) in [4.78, 5) is 12.4. The summed E-state index contributed by atoms with van der Waals surface area (Å²) >= 11 is 6.38. The summed E-state index contributed by atoms with van der Waals surface area (Å²) in [5.41, 5.74) is 0. The van der Waals surface area contributed by atoms with Crippen LogP contribution in [-0.2, 0) is 17.6 Å². The summed E-state index contributed by atoms with van der Waals surface area (Å²) in [5, 5.41) is 9.31. The van der Waals surface area contributed by atoms with E-state index in [1.165, 1.54) is 0 Å². The molecular weight excluding hydrogens is 194 g/mol. The Morgan fingerprint density at radius 1 is 1.75 bits per heavy atom. The van der Waals surface area contributed by atoms with Crippen LogP contribution >= 0.6 is 11.8 Å². The molecule has 1 amide bonds. The number of fused-ring (bicyclic) bond motifs is 1. The smallest absolute Gasteiger partial charge is 0.210 e. The van der Waals surface area contributed by atoms with Crippen LogP contribution in [0.25, 0.3) is 0 Å². The Kier molecular flexibility index (Phi) is 2.10. The highest BCUT2D eigenvalue weighted by molar-refractivity contribution is 8.03. The molecule has 0 aromatic heterocycles. The minimum absolute atomic E-state index is 0.0594. The Balaban J connectivity index is 2.32. The van der Waals surface area contributed by atoms with E-state index in [-0.39, 0.29) is 11.8 Å². The maximum Gasteiger partial charge on any atom is 0.210 e. The summed E-state index contributed by atoms with van der Waals surface area (Å²) in [5.74, 6) is 0.772. The van der Waals surface area contributed by atoms with Crippen LogP contribution in [0.15, 0.2) is 11.0 Å². The summed E-state index contributed by atoms with van der Waals surface area (Å²) in [6.07, 6.45) is 1.63. The fraction of sp³-hybridized carbons (Fsp3) is 0.571. The van der Waals surface area contributed by atoms with Gasteiger partial charge in [-0.25, -0.2) is 0 Å². The van der Waals surface area contributed by atoms with Gasteiger partial charge in [0, 0.05) is 0 Å². The number of nitrogens with zero attached hydrogens (tertiary/aromatic N) is 1. The maximum atomic E-state index is 11.4. The largest absolute Gasteiger partial charge is 0.661 e. The number of carbonyl (C=O) groups excluding carboxylic acids is 1. The molecule has 1 saturated heterocycles. The predicted molar refractivity (Wildman–Crippen MR) is 48.9 cm³/mol. The molecule has 2 aliphatic rings. The number of aliphatic hydroxyl groups is 1. The molecule has 0 aliphatic carbocycles. The van der Waals surface area contributed by atoms with E-state index in [0.717, 1.165) is 21.4 Å². The average molecular weight is 202 g/mol. The number of thioether (sulfide) groups is 1. The van der Waals surface area contributed by atoms with Crippen LogP contribution in [0.2, 0.25) is 0 Å². The third-order valence-corrected chi connectivity index (χ3v) is 3.68. The Hall–Kier alpha value is -0.130. The zero-order valence-corrected chi connectivity index (χ0v) is 7.90. The van der Waals surface area contributed by atoms with Crippen molar-refractivity contribution in [2.45, 2.75) is 12.6 Å². The molecular formula is C7H8NO2S2-. The molecule has 2 atom stereocenters.